The maximum absolute atomic E-state index is 13.8. The highest BCUT2D eigenvalue weighted by atomic mass is 32.2. The third kappa shape index (κ3) is 5.10. The van der Waals surface area contributed by atoms with Crippen LogP contribution in [0.1, 0.15) is 33.8 Å². The molecule has 0 saturated carbocycles. The molecule has 3 aromatic carbocycles. The Bertz CT molecular complexity index is 2010. The number of rotatable bonds is 6. The van der Waals surface area contributed by atoms with Crippen LogP contribution in [0.2, 0.25) is 0 Å². The monoisotopic (exact) mass is 592 g/mol. The van der Waals surface area contributed by atoms with Gasteiger partial charge >= 0.3 is 0 Å². The van der Waals surface area contributed by atoms with Gasteiger partial charge in [0.05, 0.1) is 10.8 Å². The number of imide groups is 1. The number of nitrogens with zero attached hydrogens (tertiary/aromatic N) is 3. The Morgan fingerprint density at radius 2 is 1.56 bits per heavy atom. The van der Waals surface area contributed by atoms with Crippen molar-refractivity contribution in [1.29, 1.82) is 0 Å². The van der Waals surface area contributed by atoms with Gasteiger partial charge in [-0.1, -0.05) is 54.1 Å². The topological polar surface area (TPSA) is 118 Å². The number of carbonyl (C=O) groups is 3. The quantitative estimate of drug-likeness (QED) is 0.285. The Labute approximate surface area is 248 Å². The number of fused-ring (bicyclic) bond motifs is 1. The summed E-state index contributed by atoms with van der Waals surface area (Å²) in [7, 11) is -0.612. The number of hydrogen-bond acceptors (Lipinski definition) is 6. The molecule has 1 aliphatic heterocycles. The Morgan fingerprint density at radius 3 is 2.16 bits per heavy atom. The first-order chi connectivity index (χ1) is 20.5. The summed E-state index contributed by atoms with van der Waals surface area (Å²) in [5, 5.41) is 2.95. The van der Waals surface area contributed by atoms with Crippen molar-refractivity contribution in [3.63, 3.8) is 0 Å². The number of aromatic nitrogens is 2. The minimum atomic E-state index is -3.98. The largest absolute Gasteiger partial charge is 0.345 e. The molecule has 0 radical (unpaired) electrons. The van der Waals surface area contributed by atoms with Crippen molar-refractivity contribution in [2.24, 2.45) is 0 Å². The number of nitrogens with one attached hydrogen (secondary N) is 1. The van der Waals surface area contributed by atoms with E-state index in [9.17, 15) is 22.8 Å². The van der Waals surface area contributed by atoms with Gasteiger partial charge in [0.2, 0.25) is 11.8 Å². The summed E-state index contributed by atoms with van der Waals surface area (Å²) in [5.41, 5.74) is 5.40. The molecule has 1 saturated heterocycles. The van der Waals surface area contributed by atoms with E-state index in [-0.39, 0.29) is 34.7 Å². The van der Waals surface area contributed by atoms with Gasteiger partial charge in [0, 0.05) is 55.0 Å². The van der Waals surface area contributed by atoms with E-state index in [2.05, 4.69) is 10.3 Å². The van der Waals surface area contributed by atoms with Crippen LogP contribution in [0.15, 0.2) is 96.2 Å². The Morgan fingerprint density at radius 1 is 0.907 bits per heavy atom. The fourth-order valence-electron chi connectivity index (χ4n) is 5.26. The first-order valence-corrected chi connectivity index (χ1v) is 15.1. The van der Waals surface area contributed by atoms with Gasteiger partial charge in [-0.3, -0.25) is 19.7 Å². The first-order valence-electron chi connectivity index (χ1n) is 13.6. The highest BCUT2D eigenvalue weighted by molar-refractivity contribution is 7.90. The van der Waals surface area contributed by atoms with Crippen molar-refractivity contribution in [2.75, 3.05) is 14.1 Å². The van der Waals surface area contributed by atoms with Gasteiger partial charge in [0.25, 0.3) is 15.9 Å². The van der Waals surface area contributed by atoms with E-state index in [0.29, 0.717) is 16.5 Å². The number of aryl methyl sites for hydroxylation is 1. The van der Waals surface area contributed by atoms with Crippen LogP contribution in [0, 0.1) is 6.92 Å². The van der Waals surface area contributed by atoms with E-state index < -0.39 is 15.9 Å². The third-order valence-corrected chi connectivity index (χ3v) is 9.32. The van der Waals surface area contributed by atoms with Crippen LogP contribution >= 0.6 is 0 Å². The van der Waals surface area contributed by atoms with Crippen LogP contribution < -0.4 is 5.32 Å². The lowest BCUT2D eigenvalue weighted by Crippen LogP contribution is -2.21. The molecule has 2 aromatic heterocycles. The molecule has 9 nitrogen and oxygen atoms in total. The van der Waals surface area contributed by atoms with Crippen molar-refractivity contribution in [2.45, 2.75) is 24.2 Å². The summed E-state index contributed by atoms with van der Waals surface area (Å²) in [4.78, 5) is 42.5. The SMILES string of the molecule is Cc1ccc(S(=O)(=O)n2cc(-c3ccc(C(=O)N(C)C)cc3)c3cc(-c4ccc(C5CC(=O)NC5=O)cc4)cnc32)cc1. The van der Waals surface area contributed by atoms with Gasteiger partial charge in [-0.25, -0.2) is 17.4 Å². The predicted molar refractivity (Wildman–Crippen MR) is 163 cm³/mol. The molecule has 10 heteroatoms. The lowest BCUT2D eigenvalue weighted by molar-refractivity contribution is -0.125. The van der Waals surface area contributed by atoms with Gasteiger partial charge in [-0.15, -0.1) is 0 Å². The summed E-state index contributed by atoms with van der Waals surface area (Å²) < 4.78 is 28.8. The van der Waals surface area contributed by atoms with E-state index in [1.807, 2.05) is 37.3 Å². The summed E-state index contributed by atoms with van der Waals surface area (Å²) in [5.74, 6) is -1.25. The summed E-state index contributed by atoms with van der Waals surface area (Å²) in [6.07, 6.45) is 3.31. The Hall–Kier alpha value is -5.09. The van der Waals surface area contributed by atoms with Gasteiger partial charge in [-0.2, -0.15) is 0 Å². The molecule has 0 spiro atoms. The predicted octanol–water partition coefficient (Wildman–Crippen LogP) is 4.75. The fourth-order valence-corrected chi connectivity index (χ4v) is 6.58. The molecule has 3 amide bonds. The molecule has 0 aliphatic carbocycles. The second kappa shape index (κ2) is 10.6. The second-order valence-corrected chi connectivity index (χ2v) is 12.6. The van der Waals surface area contributed by atoms with Gasteiger partial charge in [0.1, 0.15) is 0 Å². The zero-order chi connectivity index (χ0) is 30.5. The number of amides is 3. The van der Waals surface area contributed by atoms with Crippen LogP contribution in [0.5, 0.6) is 0 Å². The molecule has 3 heterocycles. The summed E-state index contributed by atoms with van der Waals surface area (Å²) >= 11 is 0. The van der Waals surface area contributed by atoms with Crippen LogP contribution in [-0.4, -0.2) is 54.1 Å². The molecule has 5 aromatic rings. The van der Waals surface area contributed by atoms with E-state index in [4.69, 9.17) is 0 Å². The first kappa shape index (κ1) is 28.0. The second-order valence-electron chi connectivity index (χ2n) is 10.8. The molecule has 1 N–H and O–H groups in total. The van der Waals surface area contributed by atoms with Crippen molar-refractivity contribution in [3.05, 3.63) is 108 Å². The number of hydrogen-bond donors (Lipinski definition) is 1. The maximum atomic E-state index is 13.8. The minimum Gasteiger partial charge on any atom is -0.345 e. The van der Waals surface area contributed by atoms with Crippen molar-refractivity contribution in [1.82, 2.24) is 19.2 Å². The zero-order valence-corrected chi connectivity index (χ0v) is 24.6. The van der Waals surface area contributed by atoms with E-state index >= 15 is 0 Å². The summed E-state index contributed by atoms with van der Waals surface area (Å²) in [6.45, 7) is 1.89. The average molecular weight is 593 g/mol. The number of carbonyl (C=O) groups excluding carboxylic acids is 3. The van der Waals surface area contributed by atoms with E-state index in [1.165, 1.54) is 8.87 Å². The normalized spacial score (nSPS) is 15.1. The molecular formula is C33H28N4O5S. The van der Waals surface area contributed by atoms with Crippen LogP contribution in [-0.2, 0) is 19.6 Å². The molecular weight excluding hydrogens is 564 g/mol. The van der Waals surface area contributed by atoms with Crippen LogP contribution in [0.25, 0.3) is 33.3 Å². The fraction of sp³-hybridized carbons (Fsp3) is 0.152. The molecule has 0 bridgehead atoms. The van der Waals surface area contributed by atoms with Crippen LogP contribution in [0.4, 0.5) is 0 Å². The molecule has 6 rings (SSSR count). The van der Waals surface area contributed by atoms with E-state index in [0.717, 1.165) is 27.8 Å². The molecule has 1 unspecified atom stereocenters. The lowest BCUT2D eigenvalue weighted by Gasteiger charge is -2.10. The third-order valence-electron chi connectivity index (χ3n) is 7.65. The van der Waals surface area contributed by atoms with Gasteiger partial charge < -0.3 is 4.90 Å². The molecule has 43 heavy (non-hydrogen) atoms. The zero-order valence-electron chi connectivity index (χ0n) is 23.7. The van der Waals surface area contributed by atoms with Crippen molar-refractivity contribution < 1.29 is 22.8 Å². The van der Waals surface area contributed by atoms with Crippen LogP contribution in [0.3, 0.4) is 0 Å². The van der Waals surface area contributed by atoms with Gasteiger partial charge in [0.15, 0.2) is 5.65 Å². The number of benzene rings is 3. The molecule has 1 atom stereocenters. The highest BCUT2D eigenvalue weighted by Gasteiger charge is 2.31. The van der Waals surface area contributed by atoms with Crippen molar-refractivity contribution in [3.8, 4) is 22.3 Å². The minimum absolute atomic E-state index is 0.122. The standard InChI is InChI=1S/C33H28N4O5S/c1-20-4-14-26(15-5-20)43(41,42)37-19-29(23-10-12-24(13-11-23)33(40)36(2)3)28-16-25(18-34-31(28)37)21-6-8-22(9-7-21)27-17-30(38)35-32(27)39/h4-16,18-19,27H,17H2,1-3H3,(H,35,38,39). The Balaban J connectivity index is 1.47. The lowest BCUT2D eigenvalue weighted by atomic mass is 9.95. The average Bonchev–Trinajstić information content (AvgIpc) is 3.56. The van der Waals surface area contributed by atoms with E-state index in [1.54, 1.807) is 75.0 Å². The Kier molecular flexibility index (Phi) is 6.94. The highest BCUT2D eigenvalue weighted by Crippen LogP contribution is 2.35. The smallest absolute Gasteiger partial charge is 0.269 e. The number of pyridine rings is 1. The molecule has 216 valence electrons. The maximum Gasteiger partial charge on any atom is 0.269 e. The van der Waals surface area contributed by atoms with Crippen molar-refractivity contribution >= 4 is 38.8 Å². The molecule has 1 fully saturated rings. The van der Waals surface area contributed by atoms with Gasteiger partial charge in [-0.05, 0) is 53.9 Å². The molecule has 1 aliphatic rings. The summed E-state index contributed by atoms with van der Waals surface area (Å²) in [6, 6.07) is 22.9.